The highest BCUT2D eigenvalue weighted by Gasteiger charge is 2.39. The molecular weight excluding hydrogens is 312 g/mol. The van der Waals surface area contributed by atoms with Crippen LogP contribution < -0.4 is 5.32 Å². The zero-order valence-electron chi connectivity index (χ0n) is 12.5. The Morgan fingerprint density at radius 3 is 2.62 bits per heavy atom. The van der Waals surface area contributed by atoms with Crippen molar-refractivity contribution in [1.82, 2.24) is 10.3 Å². The van der Waals surface area contributed by atoms with Gasteiger partial charge in [0.05, 0.1) is 34.4 Å². The second kappa shape index (κ2) is 6.02. The quantitative estimate of drug-likeness (QED) is 0.893. The second-order valence-electron chi connectivity index (χ2n) is 5.55. The number of sulfone groups is 1. The molecule has 6 nitrogen and oxygen atoms in total. The Morgan fingerprint density at radius 1 is 1.43 bits per heavy atom. The van der Waals surface area contributed by atoms with E-state index in [4.69, 9.17) is 4.74 Å². The lowest BCUT2D eigenvalue weighted by Gasteiger charge is -2.17. The number of ether oxygens (including phenoxy) is 1. The number of hydrogen-bond acceptors (Lipinski definition) is 6. The van der Waals surface area contributed by atoms with Gasteiger partial charge < -0.3 is 10.1 Å². The van der Waals surface area contributed by atoms with E-state index in [0.29, 0.717) is 10.6 Å². The van der Waals surface area contributed by atoms with Crippen LogP contribution in [0.15, 0.2) is 0 Å². The summed E-state index contributed by atoms with van der Waals surface area (Å²) >= 11 is 1.35. The highest BCUT2D eigenvalue weighted by Crippen LogP contribution is 2.25. The van der Waals surface area contributed by atoms with Crippen LogP contribution in [0.5, 0.6) is 0 Å². The fourth-order valence-corrected chi connectivity index (χ4v) is 5.11. The third-order valence-corrected chi connectivity index (χ3v) is 6.59. The molecule has 1 aliphatic rings. The number of nitrogens with zero attached hydrogens (tertiary/aromatic N) is 1. The first-order valence-electron chi connectivity index (χ1n) is 6.75. The number of nitrogens with one attached hydrogen (secondary N) is 1. The number of aromatic nitrogens is 1. The molecule has 1 aliphatic heterocycles. The van der Waals surface area contributed by atoms with Gasteiger partial charge in [0, 0.05) is 13.0 Å². The van der Waals surface area contributed by atoms with Crippen molar-refractivity contribution in [1.29, 1.82) is 0 Å². The van der Waals surface area contributed by atoms with E-state index in [2.05, 4.69) is 10.3 Å². The first kappa shape index (κ1) is 16.4. The van der Waals surface area contributed by atoms with Gasteiger partial charge in [0.25, 0.3) is 5.91 Å². The molecule has 118 valence electrons. The van der Waals surface area contributed by atoms with Gasteiger partial charge in [0.15, 0.2) is 9.84 Å². The smallest absolute Gasteiger partial charge is 0.263 e. The summed E-state index contributed by atoms with van der Waals surface area (Å²) in [7, 11) is -1.70. The zero-order valence-corrected chi connectivity index (χ0v) is 14.2. The number of aryl methyl sites for hydroxylation is 1. The molecule has 0 bridgehead atoms. The molecule has 0 unspecified atom stereocenters. The van der Waals surface area contributed by atoms with Crippen LogP contribution in [0.25, 0.3) is 0 Å². The summed E-state index contributed by atoms with van der Waals surface area (Å²) in [6.07, 6.45) is -0.489. The standard InChI is InChI=1S/C13H20N2O4S2/c1-7(2)13-14-8(3)11(20-13)12(16)15-9-5-21(17,18)6-10(9)19-4/h7,9-10H,5-6H2,1-4H3,(H,15,16)/t9-,10-/m1/s1. The third-order valence-electron chi connectivity index (χ3n) is 3.43. The molecule has 2 rings (SSSR count). The Kier molecular flexibility index (Phi) is 4.69. The molecule has 1 amide bonds. The lowest BCUT2D eigenvalue weighted by atomic mass is 10.2. The maximum atomic E-state index is 12.3. The first-order chi connectivity index (χ1) is 9.73. The van der Waals surface area contributed by atoms with Gasteiger partial charge in [-0.1, -0.05) is 13.8 Å². The Hall–Kier alpha value is -0.990. The molecule has 0 aromatic carbocycles. The molecule has 0 radical (unpaired) electrons. The summed E-state index contributed by atoms with van der Waals surface area (Å²) in [4.78, 5) is 17.3. The van der Waals surface area contributed by atoms with Gasteiger partial charge in [-0.15, -0.1) is 11.3 Å². The zero-order chi connectivity index (χ0) is 15.8. The summed E-state index contributed by atoms with van der Waals surface area (Å²) in [5.41, 5.74) is 0.677. The SMILES string of the molecule is CO[C@@H]1CS(=O)(=O)C[C@H]1NC(=O)c1sc(C(C)C)nc1C. The topological polar surface area (TPSA) is 85.4 Å². The van der Waals surface area contributed by atoms with Gasteiger partial charge in [0.1, 0.15) is 4.88 Å². The van der Waals surface area contributed by atoms with E-state index in [1.807, 2.05) is 13.8 Å². The first-order valence-corrected chi connectivity index (χ1v) is 9.38. The minimum atomic E-state index is -3.15. The highest BCUT2D eigenvalue weighted by molar-refractivity contribution is 7.91. The highest BCUT2D eigenvalue weighted by atomic mass is 32.2. The molecule has 1 aromatic heterocycles. The van der Waals surface area contributed by atoms with Crippen LogP contribution in [0.1, 0.15) is 40.1 Å². The predicted octanol–water partition coefficient (Wildman–Crippen LogP) is 1.12. The average molecular weight is 332 g/mol. The number of carbonyl (C=O) groups excluding carboxylic acids is 1. The largest absolute Gasteiger partial charge is 0.378 e. The van der Waals surface area contributed by atoms with E-state index in [1.54, 1.807) is 6.92 Å². The van der Waals surface area contributed by atoms with Crippen LogP contribution in [-0.2, 0) is 14.6 Å². The van der Waals surface area contributed by atoms with Crippen LogP contribution in [0.3, 0.4) is 0 Å². The van der Waals surface area contributed by atoms with Gasteiger partial charge in [0.2, 0.25) is 0 Å². The number of hydrogen-bond donors (Lipinski definition) is 1. The number of thiazole rings is 1. The van der Waals surface area contributed by atoms with Crippen molar-refractivity contribution >= 4 is 27.1 Å². The van der Waals surface area contributed by atoms with Crippen LogP contribution in [0.2, 0.25) is 0 Å². The molecule has 1 fully saturated rings. The van der Waals surface area contributed by atoms with Crippen LogP contribution in [-0.4, -0.2) is 50.1 Å². The fraction of sp³-hybridized carbons (Fsp3) is 0.692. The number of carbonyl (C=O) groups is 1. The van der Waals surface area contributed by atoms with E-state index in [-0.39, 0.29) is 23.3 Å². The van der Waals surface area contributed by atoms with Gasteiger partial charge in [-0.05, 0) is 6.92 Å². The Balaban J connectivity index is 2.15. The monoisotopic (exact) mass is 332 g/mol. The second-order valence-corrected chi connectivity index (χ2v) is 8.74. The normalized spacial score (nSPS) is 24.4. The molecule has 0 aliphatic carbocycles. The summed E-state index contributed by atoms with van der Waals surface area (Å²) in [6, 6.07) is -0.503. The van der Waals surface area contributed by atoms with Crippen molar-refractivity contribution in [2.45, 2.75) is 38.8 Å². The molecule has 8 heteroatoms. The predicted molar refractivity (Wildman–Crippen MR) is 81.6 cm³/mol. The molecule has 2 heterocycles. The fourth-order valence-electron chi connectivity index (χ4n) is 2.29. The van der Waals surface area contributed by atoms with Gasteiger partial charge >= 0.3 is 0 Å². The van der Waals surface area contributed by atoms with E-state index < -0.39 is 22.0 Å². The molecular formula is C13H20N2O4S2. The maximum absolute atomic E-state index is 12.3. The summed E-state index contributed by atoms with van der Waals surface area (Å²) < 4.78 is 28.5. The Labute approximate surface area is 128 Å². The molecule has 0 spiro atoms. The Bertz CT molecular complexity index is 637. The summed E-state index contributed by atoms with van der Waals surface area (Å²) in [5, 5.41) is 3.67. The van der Waals surface area contributed by atoms with Crippen molar-refractivity contribution in [3.8, 4) is 0 Å². The van der Waals surface area contributed by atoms with Crippen LogP contribution in [0.4, 0.5) is 0 Å². The number of amides is 1. The van der Waals surface area contributed by atoms with Crippen molar-refractivity contribution in [2.24, 2.45) is 0 Å². The van der Waals surface area contributed by atoms with Gasteiger partial charge in [-0.2, -0.15) is 0 Å². The summed E-state index contributed by atoms with van der Waals surface area (Å²) in [5.74, 6) is -0.144. The lowest BCUT2D eigenvalue weighted by molar-refractivity contribution is 0.0789. The van der Waals surface area contributed by atoms with Crippen molar-refractivity contribution in [3.63, 3.8) is 0 Å². The van der Waals surface area contributed by atoms with Crippen LogP contribution >= 0.6 is 11.3 Å². The summed E-state index contributed by atoms with van der Waals surface area (Å²) in [6.45, 7) is 5.82. The van der Waals surface area contributed by atoms with Crippen LogP contribution in [0, 0.1) is 6.92 Å². The molecule has 1 saturated heterocycles. The van der Waals surface area contributed by atoms with Gasteiger partial charge in [-0.3, -0.25) is 4.79 Å². The van der Waals surface area contributed by atoms with E-state index >= 15 is 0 Å². The number of rotatable bonds is 4. The van der Waals surface area contributed by atoms with Crippen molar-refractivity contribution in [3.05, 3.63) is 15.6 Å². The van der Waals surface area contributed by atoms with Gasteiger partial charge in [-0.25, -0.2) is 13.4 Å². The minimum Gasteiger partial charge on any atom is -0.378 e. The van der Waals surface area contributed by atoms with Crippen molar-refractivity contribution in [2.75, 3.05) is 18.6 Å². The molecule has 0 saturated carbocycles. The minimum absolute atomic E-state index is 0.0483. The molecule has 1 aromatic rings. The average Bonchev–Trinajstić information content (AvgIpc) is 2.89. The lowest BCUT2D eigenvalue weighted by Crippen LogP contribution is -2.43. The number of methoxy groups -OCH3 is 1. The van der Waals surface area contributed by atoms with Crippen molar-refractivity contribution < 1.29 is 17.9 Å². The molecule has 21 heavy (non-hydrogen) atoms. The van der Waals surface area contributed by atoms with E-state index in [1.165, 1.54) is 18.4 Å². The molecule has 2 atom stereocenters. The van der Waals surface area contributed by atoms with E-state index in [0.717, 1.165) is 5.01 Å². The maximum Gasteiger partial charge on any atom is 0.263 e. The van der Waals surface area contributed by atoms with E-state index in [9.17, 15) is 13.2 Å². The third kappa shape index (κ3) is 3.61. The Morgan fingerprint density at radius 2 is 2.10 bits per heavy atom. The molecule has 1 N–H and O–H groups in total.